The molecule has 3 aromatic rings. The number of hydrogen-bond acceptors (Lipinski definition) is 7. The summed E-state index contributed by atoms with van der Waals surface area (Å²) < 4.78 is 17.0. The highest BCUT2D eigenvalue weighted by Crippen LogP contribution is 2.18. The molecule has 3 rings (SSSR count). The van der Waals surface area contributed by atoms with Crippen LogP contribution in [0.2, 0.25) is 0 Å². The number of amides is 1. The number of ether oxygens (including phenoxy) is 2. The quantitative estimate of drug-likeness (QED) is 0.568. The first-order chi connectivity index (χ1) is 12.6. The summed E-state index contributed by atoms with van der Waals surface area (Å²) in [7, 11) is 1.49. The van der Waals surface area contributed by atoms with Gasteiger partial charge in [0.2, 0.25) is 11.8 Å². The molecule has 8 nitrogen and oxygen atoms in total. The molecular weight excluding hydrogens is 404 g/mol. The first-order valence-corrected chi connectivity index (χ1v) is 8.34. The Kier molecular flexibility index (Phi) is 5.69. The zero-order valence-electron chi connectivity index (χ0n) is 13.7. The van der Waals surface area contributed by atoms with E-state index in [9.17, 15) is 4.79 Å². The molecule has 2 heterocycles. The summed E-state index contributed by atoms with van der Waals surface area (Å²) in [5.41, 5.74) is 5.04. The SMILES string of the molecule is COc1ccnc(NNC(=O)c2ccc(COc3ccc(Br)cc3)o2)n1. The number of hydrazine groups is 1. The number of aromatic nitrogens is 2. The van der Waals surface area contributed by atoms with Gasteiger partial charge in [-0.05, 0) is 36.4 Å². The minimum atomic E-state index is -0.466. The number of nitrogens with zero attached hydrogens (tertiary/aromatic N) is 2. The fourth-order valence-corrected chi connectivity index (χ4v) is 2.22. The molecule has 0 aliphatic heterocycles. The number of carbonyl (C=O) groups is 1. The molecule has 0 saturated carbocycles. The lowest BCUT2D eigenvalue weighted by atomic mass is 10.3. The number of methoxy groups -OCH3 is 1. The third kappa shape index (κ3) is 4.73. The first kappa shape index (κ1) is 17.7. The number of nitrogens with one attached hydrogen (secondary N) is 2. The van der Waals surface area contributed by atoms with Gasteiger partial charge in [0.15, 0.2) is 5.76 Å². The Labute approximate surface area is 157 Å². The predicted molar refractivity (Wildman–Crippen MR) is 96.9 cm³/mol. The Morgan fingerprint density at radius 3 is 2.77 bits per heavy atom. The largest absolute Gasteiger partial charge is 0.486 e. The van der Waals surface area contributed by atoms with Crippen molar-refractivity contribution in [2.45, 2.75) is 6.61 Å². The van der Waals surface area contributed by atoms with Gasteiger partial charge in [0.05, 0.1) is 7.11 Å². The van der Waals surface area contributed by atoms with Crippen LogP contribution < -0.4 is 20.3 Å². The summed E-state index contributed by atoms with van der Waals surface area (Å²) in [5.74, 6) is 1.47. The number of hydrogen-bond donors (Lipinski definition) is 2. The van der Waals surface area contributed by atoms with E-state index in [0.29, 0.717) is 17.4 Å². The summed E-state index contributed by atoms with van der Waals surface area (Å²) in [6.45, 7) is 0.210. The van der Waals surface area contributed by atoms with Gasteiger partial charge in [-0.15, -0.1) is 0 Å². The molecule has 0 saturated heterocycles. The molecule has 1 aromatic carbocycles. The van der Waals surface area contributed by atoms with Crippen molar-refractivity contribution in [2.24, 2.45) is 0 Å². The second-order valence-corrected chi connectivity index (χ2v) is 5.93. The lowest BCUT2D eigenvalue weighted by Crippen LogP contribution is -2.30. The fraction of sp³-hybridized carbons (Fsp3) is 0.118. The van der Waals surface area contributed by atoms with E-state index in [-0.39, 0.29) is 18.3 Å². The van der Waals surface area contributed by atoms with Crippen molar-refractivity contribution in [2.75, 3.05) is 12.5 Å². The van der Waals surface area contributed by atoms with Crippen molar-refractivity contribution in [1.82, 2.24) is 15.4 Å². The Balaban J connectivity index is 1.53. The summed E-state index contributed by atoms with van der Waals surface area (Å²) in [4.78, 5) is 20.1. The van der Waals surface area contributed by atoms with Crippen molar-refractivity contribution in [3.63, 3.8) is 0 Å². The molecular formula is C17H15BrN4O4. The van der Waals surface area contributed by atoms with Crippen LogP contribution in [-0.4, -0.2) is 23.0 Å². The second kappa shape index (κ2) is 8.34. The summed E-state index contributed by atoms with van der Waals surface area (Å²) in [5, 5.41) is 0. The second-order valence-electron chi connectivity index (χ2n) is 5.01. The van der Waals surface area contributed by atoms with Crippen molar-refractivity contribution >= 4 is 27.8 Å². The Bertz CT molecular complexity index is 882. The average Bonchev–Trinajstić information content (AvgIpc) is 3.15. The highest BCUT2D eigenvalue weighted by atomic mass is 79.9. The van der Waals surface area contributed by atoms with E-state index in [1.807, 2.05) is 24.3 Å². The van der Waals surface area contributed by atoms with Crippen LogP contribution in [-0.2, 0) is 6.61 Å². The van der Waals surface area contributed by atoms with E-state index in [1.165, 1.54) is 13.3 Å². The van der Waals surface area contributed by atoms with Crippen LogP contribution in [0.3, 0.4) is 0 Å². The monoisotopic (exact) mass is 418 g/mol. The summed E-state index contributed by atoms with van der Waals surface area (Å²) in [6.07, 6.45) is 1.50. The third-order valence-corrected chi connectivity index (χ3v) is 3.74. The van der Waals surface area contributed by atoms with Crippen LogP contribution in [0.25, 0.3) is 0 Å². The predicted octanol–water partition coefficient (Wildman–Crippen LogP) is 3.18. The maximum atomic E-state index is 12.1. The van der Waals surface area contributed by atoms with Crippen molar-refractivity contribution in [3.05, 3.63) is 64.7 Å². The fourth-order valence-electron chi connectivity index (χ4n) is 1.95. The van der Waals surface area contributed by atoms with Crippen LogP contribution in [0, 0.1) is 0 Å². The van der Waals surface area contributed by atoms with E-state index in [1.54, 1.807) is 18.2 Å². The Morgan fingerprint density at radius 2 is 2.00 bits per heavy atom. The number of benzene rings is 1. The van der Waals surface area contributed by atoms with Gasteiger partial charge in [-0.3, -0.25) is 15.6 Å². The molecule has 0 fully saturated rings. The molecule has 0 aliphatic carbocycles. The number of halogens is 1. The Hall–Kier alpha value is -3.07. The van der Waals surface area contributed by atoms with Crippen molar-refractivity contribution in [3.8, 4) is 11.6 Å². The van der Waals surface area contributed by atoms with Gasteiger partial charge in [-0.1, -0.05) is 15.9 Å². The van der Waals surface area contributed by atoms with E-state index < -0.39 is 5.91 Å². The molecule has 2 N–H and O–H groups in total. The number of carbonyl (C=O) groups excluding carboxylic acids is 1. The standard InChI is InChI=1S/C17H15BrN4O4/c1-24-15-8-9-19-17(20-15)22-21-16(23)14-7-6-13(26-14)10-25-12-4-2-11(18)3-5-12/h2-9H,10H2,1H3,(H,21,23)(H,19,20,22). The molecule has 0 radical (unpaired) electrons. The lowest BCUT2D eigenvalue weighted by molar-refractivity contribution is 0.0930. The van der Waals surface area contributed by atoms with Crippen molar-refractivity contribution in [1.29, 1.82) is 0 Å². The van der Waals surface area contributed by atoms with Gasteiger partial charge in [0, 0.05) is 16.7 Å². The number of furan rings is 1. The van der Waals surface area contributed by atoms with Crippen molar-refractivity contribution < 1.29 is 18.7 Å². The molecule has 2 aromatic heterocycles. The lowest BCUT2D eigenvalue weighted by Gasteiger charge is -2.06. The van der Waals surface area contributed by atoms with Gasteiger partial charge >= 0.3 is 5.91 Å². The van der Waals surface area contributed by atoms with Gasteiger partial charge in [0.25, 0.3) is 0 Å². The van der Waals surface area contributed by atoms with E-state index in [4.69, 9.17) is 13.9 Å². The maximum absolute atomic E-state index is 12.1. The molecule has 0 unspecified atom stereocenters. The Morgan fingerprint density at radius 1 is 1.19 bits per heavy atom. The van der Waals surface area contributed by atoms with Gasteiger partial charge in [-0.25, -0.2) is 4.98 Å². The number of anilines is 1. The van der Waals surface area contributed by atoms with E-state index in [0.717, 1.165) is 4.47 Å². The van der Waals surface area contributed by atoms with E-state index >= 15 is 0 Å². The minimum absolute atomic E-state index is 0.134. The van der Waals surface area contributed by atoms with Crippen LogP contribution in [0.5, 0.6) is 11.6 Å². The first-order valence-electron chi connectivity index (χ1n) is 7.54. The highest BCUT2D eigenvalue weighted by molar-refractivity contribution is 9.10. The number of rotatable bonds is 7. The van der Waals surface area contributed by atoms with Crippen LogP contribution in [0.15, 0.2) is 57.6 Å². The van der Waals surface area contributed by atoms with Gasteiger partial charge in [0.1, 0.15) is 18.1 Å². The smallest absolute Gasteiger partial charge is 0.305 e. The van der Waals surface area contributed by atoms with Gasteiger partial charge < -0.3 is 13.9 Å². The third-order valence-electron chi connectivity index (χ3n) is 3.21. The average molecular weight is 419 g/mol. The van der Waals surface area contributed by atoms with Crippen LogP contribution in [0.1, 0.15) is 16.3 Å². The molecule has 0 spiro atoms. The molecule has 9 heteroatoms. The summed E-state index contributed by atoms with van der Waals surface area (Å²) in [6, 6.07) is 12.2. The summed E-state index contributed by atoms with van der Waals surface area (Å²) >= 11 is 3.36. The minimum Gasteiger partial charge on any atom is -0.486 e. The van der Waals surface area contributed by atoms with E-state index in [2.05, 4.69) is 36.7 Å². The molecule has 0 bridgehead atoms. The maximum Gasteiger partial charge on any atom is 0.305 e. The highest BCUT2D eigenvalue weighted by Gasteiger charge is 2.12. The molecule has 0 atom stereocenters. The zero-order valence-corrected chi connectivity index (χ0v) is 15.3. The normalized spacial score (nSPS) is 10.2. The van der Waals surface area contributed by atoms with Crippen LogP contribution in [0.4, 0.5) is 5.95 Å². The molecule has 0 aliphatic rings. The molecule has 26 heavy (non-hydrogen) atoms. The molecule has 1 amide bonds. The van der Waals surface area contributed by atoms with Crippen LogP contribution >= 0.6 is 15.9 Å². The zero-order chi connectivity index (χ0) is 18.4. The molecule has 134 valence electrons. The topological polar surface area (TPSA) is 98.5 Å². The van der Waals surface area contributed by atoms with Gasteiger partial charge in [-0.2, -0.15) is 4.98 Å².